The summed E-state index contributed by atoms with van der Waals surface area (Å²) in [4.78, 5) is 27.3. The number of para-hydroxylation sites is 2. The van der Waals surface area contributed by atoms with Crippen LogP contribution in [-0.4, -0.2) is 42.5 Å². The summed E-state index contributed by atoms with van der Waals surface area (Å²) in [5.74, 6) is 0.734. The molecule has 0 saturated heterocycles. The van der Waals surface area contributed by atoms with E-state index in [-0.39, 0.29) is 25.0 Å². The van der Waals surface area contributed by atoms with Gasteiger partial charge in [0, 0.05) is 11.4 Å². The van der Waals surface area contributed by atoms with Crippen LogP contribution in [0, 0.1) is 0 Å². The van der Waals surface area contributed by atoms with Crippen LogP contribution < -0.4 is 14.8 Å². The van der Waals surface area contributed by atoms with Gasteiger partial charge in [0.15, 0.2) is 11.5 Å². The van der Waals surface area contributed by atoms with Gasteiger partial charge in [-0.25, -0.2) is 0 Å². The molecule has 3 rings (SSSR count). The lowest BCUT2D eigenvalue weighted by Crippen LogP contribution is -2.49. The fraction of sp³-hybridized carbons (Fsp3) is 0.333. The Morgan fingerprint density at radius 2 is 2.04 bits per heavy atom. The molecule has 2 amide bonds. The number of nitrogens with zero attached hydrogens (tertiary/aromatic N) is 1. The van der Waals surface area contributed by atoms with E-state index in [0.29, 0.717) is 24.6 Å². The van der Waals surface area contributed by atoms with E-state index in [9.17, 15) is 9.59 Å². The highest BCUT2D eigenvalue weighted by molar-refractivity contribution is 7.09. The molecule has 1 aromatic carbocycles. The van der Waals surface area contributed by atoms with Gasteiger partial charge < -0.3 is 19.7 Å². The Morgan fingerprint density at radius 3 is 2.76 bits per heavy atom. The van der Waals surface area contributed by atoms with Crippen LogP contribution in [0.5, 0.6) is 11.5 Å². The number of carbonyl (C=O) groups is 2. The first kappa shape index (κ1) is 17.3. The molecule has 7 heteroatoms. The van der Waals surface area contributed by atoms with E-state index in [4.69, 9.17) is 9.47 Å². The molecule has 0 spiro atoms. The summed E-state index contributed by atoms with van der Waals surface area (Å²) in [5.41, 5.74) is 0. The van der Waals surface area contributed by atoms with Crippen molar-refractivity contribution < 1.29 is 19.1 Å². The lowest BCUT2D eigenvalue weighted by Gasteiger charge is -2.29. The van der Waals surface area contributed by atoms with Crippen LogP contribution in [0.2, 0.25) is 0 Å². The third-order valence-corrected chi connectivity index (χ3v) is 4.73. The Balaban J connectivity index is 1.55. The second kappa shape index (κ2) is 8.02. The molecule has 132 valence electrons. The number of hydrogen-bond acceptors (Lipinski definition) is 5. The molecule has 0 unspecified atom stereocenters. The van der Waals surface area contributed by atoms with Crippen molar-refractivity contribution in [2.45, 2.75) is 19.6 Å². The van der Waals surface area contributed by atoms with Gasteiger partial charge in [-0.3, -0.25) is 9.59 Å². The van der Waals surface area contributed by atoms with Gasteiger partial charge in [-0.1, -0.05) is 18.2 Å². The van der Waals surface area contributed by atoms with E-state index in [1.54, 1.807) is 23.5 Å². The molecule has 0 aliphatic carbocycles. The Kier molecular flexibility index (Phi) is 5.55. The van der Waals surface area contributed by atoms with Crippen LogP contribution in [0.15, 0.2) is 41.8 Å². The molecular weight excluding hydrogens is 340 g/mol. The van der Waals surface area contributed by atoms with Crippen LogP contribution >= 0.6 is 11.3 Å². The molecule has 1 aliphatic rings. The molecule has 1 atom stereocenters. The Hall–Kier alpha value is -2.54. The molecule has 0 radical (unpaired) electrons. The number of amides is 2. The van der Waals surface area contributed by atoms with Crippen molar-refractivity contribution >= 4 is 23.2 Å². The maximum Gasteiger partial charge on any atom is 0.267 e. The van der Waals surface area contributed by atoms with Gasteiger partial charge in [0.2, 0.25) is 12.0 Å². The monoisotopic (exact) mass is 360 g/mol. The van der Waals surface area contributed by atoms with Crippen LogP contribution in [-0.2, 0) is 16.1 Å². The number of nitrogens with one attached hydrogen (secondary N) is 1. The van der Waals surface area contributed by atoms with Gasteiger partial charge in [-0.2, -0.15) is 0 Å². The minimum absolute atomic E-state index is 0.00220. The summed E-state index contributed by atoms with van der Waals surface area (Å²) in [6.45, 7) is 2.87. The quantitative estimate of drug-likeness (QED) is 0.856. The Bertz CT molecular complexity index is 732. The highest BCUT2D eigenvalue weighted by Gasteiger charge is 2.31. The minimum atomic E-state index is -0.736. The van der Waals surface area contributed by atoms with Crippen LogP contribution in [0.4, 0.5) is 0 Å². The predicted octanol–water partition coefficient (Wildman–Crippen LogP) is 2.05. The third-order valence-electron chi connectivity index (χ3n) is 3.85. The maximum atomic E-state index is 12.7. The van der Waals surface area contributed by atoms with Crippen molar-refractivity contribution in [3.63, 3.8) is 0 Å². The summed E-state index contributed by atoms with van der Waals surface area (Å²) in [7, 11) is 0. The van der Waals surface area contributed by atoms with Gasteiger partial charge in [0.1, 0.15) is 6.61 Å². The molecule has 1 N–H and O–H groups in total. The number of hydrogen-bond donors (Lipinski definition) is 1. The van der Waals surface area contributed by atoms with Crippen molar-refractivity contribution in [1.29, 1.82) is 0 Å². The number of benzene rings is 1. The van der Waals surface area contributed by atoms with Gasteiger partial charge in [0.25, 0.3) is 5.91 Å². The smallest absolute Gasteiger partial charge is 0.267 e. The van der Waals surface area contributed by atoms with Crippen molar-refractivity contribution in [1.82, 2.24) is 10.2 Å². The molecule has 0 bridgehead atoms. The number of fused-ring (bicyclic) bond motifs is 1. The molecule has 6 nitrogen and oxygen atoms in total. The third kappa shape index (κ3) is 4.30. The molecule has 2 heterocycles. The number of carbonyl (C=O) groups excluding carboxylic acids is 2. The zero-order valence-electron chi connectivity index (χ0n) is 13.9. The van der Waals surface area contributed by atoms with Crippen LogP contribution in [0.1, 0.15) is 11.8 Å². The van der Waals surface area contributed by atoms with Crippen molar-refractivity contribution in [2.75, 3.05) is 19.7 Å². The maximum absolute atomic E-state index is 12.7. The van der Waals surface area contributed by atoms with Gasteiger partial charge >= 0.3 is 0 Å². The molecule has 0 fully saturated rings. The summed E-state index contributed by atoms with van der Waals surface area (Å²) < 4.78 is 11.3. The van der Waals surface area contributed by atoms with E-state index in [2.05, 4.69) is 5.32 Å². The Labute approximate surface area is 150 Å². The van der Waals surface area contributed by atoms with Crippen molar-refractivity contribution in [2.24, 2.45) is 0 Å². The topological polar surface area (TPSA) is 67.9 Å². The molecule has 25 heavy (non-hydrogen) atoms. The highest BCUT2D eigenvalue weighted by Crippen LogP contribution is 2.31. The molecule has 1 aliphatic heterocycles. The Morgan fingerprint density at radius 1 is 1.24 bits per heavy atom. The summed E-state index contributed by atoms with van der Waals surface area (Å²) in [6, 6.07) is 11.1. The second-order valence-electron chi connectivity index (χ2n) is 5.57. The molecule has 1 aromatic heterocycles. The van der Waals surface area contributed by atoms with E-state index in [1.807, 2.05) is 36.6 Å². The molecule has 2 aromatic rings. The molecule has 0 saturated carbocycles. The highest BCUT2D eigenvalue weighted by atomic mass is 32.1. The number of rotatable bonds is 6. The summed E-state index contributed by atoms with van der Waals surface area (Å²) >= 11 is 1.58. The average Bonchev–Trinajstić information content (AvgIpc) is 3.17. The van der Waals surface area contributed by atoms with Gasteiger partial charge in [-0.15, -0.1) is 11.3 Å². The fourth-order valence-corrected chi connectivity index (χ4v) is 3.16. The first-order chi connectivity index (χ1) is 12.2. The van der Waals surface area contributed by atoms with E-state index in [1.165, 1.54) is 4.90 Å². The minimum Gasteiger partial charge on any atom is -0.485 e. The largest absolute Gasteiger partial charge is 0.485 e. The number of thiophene rings is 1. The number of likely N-dealkylation sites (N-methyl/N-ethyl adjacent to an activating group) is 1. The predicted molar refractivity (Wildman–Crippen MR) is 94.8 cm³/mol. The van der Waals surface area contributed by atoms with Crippen molar-refractivity contribution in [3.8, 4) is 11.5 Å². The lowest BCUT2D eigenvalue weighted by molar-refractivity contribution is -0.144. The zero-order chi connectivity index (χ0) is 17.6. The summed E-state index contributed by atoms with van der Waals surface area (Å²) in [5, 5.41) is 4.79. The van der Waals surface area contributed by atoms with Gasteiger partial charge in [0.05, 0.1) is 13.1 Å². The van der Waals surface area contributed by atoms with Crippen LogP contribution in [0.25, 0.3) is 0 Å². The first-order valence-corrected chi connectivity index (χ1v) is 9.01. The van der Waals surface area contributed by atoms with E-state index >= 15 is 0 Å². The standard InChI is InChI=1S/C18H20N2O4S/c1-2-20(11-17(21)19-10-13-6-5-9-25-13)18(22)16-12-23-14-7-3-4-8-15(14)24-16/h3-9,16H,2,10-12H2,1H3,(H,19,21)/t16-/m0/s1. The zero-order valence-corrected chi connectivity index (χ0v) is 14.8. The SMILES string of the molecule is CCN(CC(=O)NCc1cccs1)C(=O)[C@@H]1COc2ccccc2O1. The number of ether oxygens (including phenoxy) is 2. The van der Waals surface area contributed by atoms with E-state index in [0.717, 1.165) is 4.88 Å². The van der Waals surface area contributed by atoms with Crippen LogP contribution in [0.3, 0.4) is 0 Å². The normalized spacial score (nSPS) is 15.5. The fourth-order valence-electron chi connectivity index (χ4n) is 2.52. The van der Waals surface area contributed by atoms with E-state index < -0.39 is 6.10 Å². The lowest BCUT2D eigenvalue weighted by atomic mass is 10.2. The van der Waals surface area contributed by atoms with Crippen molar-refractivity contribution in [3.05, 3.63) is 46.7 Å². The first-order valence-electron chi connectivity index (χ1n) is 8.13. The summed E-state index contributed by atoms with van der Waals surface area (Å²) in [6.07, 6.45) is -0.736. The second-order valence-corrected chi connectivity index (χ2v) is 6.60. The molecular formula is C18H20N2O4S. The average molecular weight is 360 g/mol. The van der Waals surface area contributed by atoms with Gasteiger partial charge in [-0.05, 0) is 30.5 Å².